The fourth-order valence-corrected chi connectivity index (χ4v) is 4.18. The molecule has 0 saturated carbocycles. The number of thiophene rings is 1. The third-order valence-corrected chi connectivity index (χ3v) is 5.49. The third kappa shape index (κ3) is 4.77. The molecule has 3 rings (SSSR count). The minimum absolute atomic E-state index is 0.149. The Morgan fingerprint density at radius 3 is 2.58 bits per heavy atom. The number of anilines is 1. The summed E-state index contributed by atoms with van der Waals surface area (Å²) in [5, 5.41) is 8.16. The Morgan fingerprint density at radius 1 is 1.15 bits per heavy atom. The molecule has 0 bridgehead atoms. The predicted molar refractivity (Wildman–Crippen MR) is 106 cm³/mol. The molecule has 2 amide bonds. The summed E-state index contributed by atoms with van der Waals surface area (Å²) in [5.74, 6) is -0.355. The summed E-state index contributed by atoms with van der Waals surface area (Å²) in [6, 6.07) is 13.2. The number of hydrogen-bond acceptors (Lipinski definition) is 5. The lowest BCUT2D eigenvalue weighted by atomic mass is 10.0. The Hall–Kier alpha value is -2.51. The zero-order chi connectivity index (χ0) is 18.5. The molecule has 0 aliphatic heterocycles. The van der Waals surface area contributed by atoms with Gasteiger partial charge in [0.05, 0.1) is 23.0 Å². The van der Waals surface area contributed by atoms with Gasteiger partial charge in [0.25, 0.3) is 0 Å². The third-order valence-electron chi connectivity index (χ3n) is 3.71. The molecule has 0 aliphatic carbocycles. The quantitative estimate of drug-likeness (QED) is 0.661. The van der Waals surface area contributed by atoms with Crippen LogP contribution in [0, 0.1) is 6.92 Å². The second-order valence-corrected chi connectivity index (χ2v) is 8.01. The average Bonchev–Trinajstić information content (AvgIpc) is 3.23. The molecular formula is C19H19N3O2S2. The minimum Gasteiger partial charge on any atom is -0.349 e. The van der Waals surface area contributed by atoms with Crippen molar-refractivity contribution in [2.75, 3.05) is 5.32 Å². The molecule has 2 heterocycles. The van der Waals surface area contributed by atoms with Crippen molar-refractivity contribution in [2.24, 2.45) is 0 Å². The van der Waals surface area contributed by atoms with Crippen LogP contribution in [0.4, 0.5) is 5.13 Å². The number of amides is 2. The van der Waals surface area contributed by atoms with Crippen LogP contribution in [0.25, 0.3) is 10.6 Å². The molecule has 1 atom stereocenters. The SMILES string of the molecule is CC(=O)NC(CC(=O)Nc1nc(-c2ccc(C)s2)cs1)c1ccccc1. The maximum absolute atomic E-state index is 12.4. The van der Waals surface area contributed by atoms with Gasteiger partial charge in [0.1, 0.15) is 0 Å². The smallest absolute Gasteiger partial charge is 0.228 e. The van der Waals surface area contributed by atoms with E-state index in [-0.39, 0.29) is 24.3 Å². The highest BCUT2D eigenvalue weighted by Gasteiger charge is 2.18. The molecule has 1 aromatic carbocycles. The minimum atomic E-state index is -0.368. The first-order valence-electron chi connectivity index (χ1n) is 8.15. The monoisotopic (exact) mass is 385 g/mol. The molecule has 26 heavy (non-hydrogen) atoms. The molecule has 3 aromatic rings. The maximum atomic E-state index is 12.4. The average molecular weight is 386 g/mol. The first-order valence-corrected chi connectivity index (χ1v) is 9.85. The first-order chi connectivity index (χ1) is 12.5. The van der Waals surface area contributed by atoms with E-state index in [2.05, 4.69) is 28.6 Å². The van der Waals surface area contributed by atoms with Gasteiger partial charge in [0.15, 0.2) is 5.13 Å². The van der Waals surface area contributed by atoms with Crippen molar-refractivity contribution in [1.29, 1.82) is 0 Å². The lowest BCUT2D eigenvalue weighted by Gasteiger charge is -2.17. The second-order valence-electron chi connectivity index (χ2n) is 5.86. The Balaban J connectivity index is 1.67. The van der Waals surface area contributed by atoms with Crippen molar-refractivity contribution in [3.63, 3.8) is 0 Å². The zero-order valence-electron chi connectivity index (χ0n) is 14.5. The highest BCUT2D eigenvalue weighted by molar-refractivity contribution is 7.17. The summed E-state index contributed by atoms with van der Waals surface area (Å²) in [6.45, 7) is 3.50. The lowest BCUT2D eigenvalue weighted by Crippen LogP contribution is -2.29. The molecular weight excluding hydrogens is 366 g/mol. The highest BCUT2D eigenvalue weighted by Crippen LogP contribution is 2.30. The lowest BCUT2D eigenvalue weighted by molar-refractivity contribution is -0.120. The molecule has 134 valence electrons. The molecule has 5 nitrogen and oxygen atoms in total. The van der Waals surface area contributed by atoms with Gasteiger partial charge in [-0.25, -0.2) is 4.98 Å². The summed E-state index contributed by atoms with van der Waals surface area (Å²) in [6.07, 6.45) is 0.149. The van der Waals surface area contributed by atoms with Crippen molar-refractivity contribution in [2.45, 2.75) is 26.3 Å². The van der Waals surface area contributed by atoms with Gasteiger partial charge in [-0.05, 0) is 24.6 Å². The number of aryl methyl sites for hydroxylation is 1. The number of nitrogens with zero attached hydrogens (tertiary/aromatic N) is 1. The van der Waals surface area contributed by atoms with Crippen LogP contribution in [0.15, 0.2) is 47.8 Å². The Bertz CT molecular complexity index is 902. The number of thiazole rings is 1. The fourth-order valence-electron chi connectivity index (χ4n) is 2.56. The van der Waals surface area contributed by atoms with Gasteiger partial charge >= 0.3 is 0 Å². The van der Waals surface area contributed by atoms with E-state index in [1.165, 1.54) is 23.1 Å². The van der Waals surface area contributed by atoms with E-state index in [1.54, 1.807) is 11.3 Å². The molecule has 1 unspecified atom stereocenters. The summed E-state index contributed by atoms with van der Waals surface area (Å²) in [7, 11) is 0. The van der Waals surface area contributed by atoms with Crippen molar-refractivity contribution < 1.29 is 9.59 Å². The van der Waals surface area contributed by atoms with E-state index in [9.17, 15) is 9.59 Å². The fraction of sp³-hybridized carbons (Fsp3) is 0.211. The summed E-state index contributed by atoms with van der Waals surface area (Å²) >= 11 is 3.07. The van der Waals surface area contributed by atoms with E-state index in [0.29, 0.717) is 5.13 Å². The number of rotatable bonds is 6. The molecule has 0 fully saturated rings. The van der Waals surface area contributed by atoms with Crippen LogP contribution in [0.1, 0.15) is 29.8 Å². The molecule has 2 aromatic heterocycles. The van der Waals surface area contributed by atoms with Gasteiger partial charge in [-0.2, -0.15) is 0 Å². The number of benzene rings is 1. The van der Waals surface area contributed by atoms with Crippen LogP contribution in [0.2, 0.25) is 0 Å². The van der Waals surface area contributed by atoms with Gasteiger partial charge in [-0.3, -0.25) is 9.59 Å². The topological polar surface area (TPSA) is 71.1 Å². The van der Waals surface area contributed by atoms with E-state index >= 15 is 0 Å². The number of aromatic nitrogens is 1. The first kappa shape index (κ1) is 18.3. The Morgan fingerprint density at radius 2 is 1.92 bits per heavy atom. The normalized spacial score (nSPS) is 11.8. The van der Waals surface area contributed by atoms with Crippen molar-refractivity contribution >= 4 is 39.6 Å². The highest BCUT2D eigenvalue weighted by atomic mass is 32.1. The molecule has 7 heteroatoms. The van der Waals surface area contributed by atoms with E-state index in [0.717, 1.165) is 16.1 Å². The molecule has 0 radical (unpaired) electrons. The second kappa shape index (κ2) is 8.25. The van der Waals surface area contributed by atoms with Crippen molar-refractivity contribution in [1.82, 2.24) is 10.3 Å². The molecule has 0 saturated heterocycles. The predicted octanol–water partition coefficient (Wildman–Crippen LogP) is 4.39. The Kier molecular flexibility index (Phi) is 5.80. The van der Waals surface area contributed by atoms with Crippen LogP contribution in [-0.4, -0.2) is 16.8 Å². The zero-order valence-corrected chi connectivity index (χ0v) is 16.1. The number of hydrogen-bond donors (Lipinski definition) is 2. The summed E-state index contributed by atoms with van der Waals surface area (Å²) < 4.78 is 0. The number of nitrogens with one attached hydrogen (secondary N) is 2. The molecule has 0 aliphatic rings. The van der Waals surface area contributed by atoms with Crippen molar-refractivity contribution in [3.8, 4) is 10.6 Å². The number of carbonyl (C=O) groups is 2. The standard InChI is InChI=1S/C19H19N3O2S2/c1-12-8-9-17(26-12)16-11-25-19(21-16)22-18(24)10-15(20-13(2)23)14-6-4-3-5-7-14/h3-9,11,15H,10H2,1-2H3,(H,20,23)(H,21,22,24). The molecule has 0 spiro atoms. The van der Waals surface area contributed by atoms with Crippen LogP contribution >= 0.6 is 22.7 Å². The van der Waals surface area contributed by atoms with E-state index in [1.807, 2.05) is 41.8 Å². The van der Waals surface area contributed by atoms with Gasteiger partial charge in [-0.15, -0.1) is 22.7 Å². The summed E-state index contributed by atoms with van der Waals surface area (Å²) in [5.41, 5.74) is 1.76. The van der Waals surface area contributed by atoms with Crippen LogP contribution in [0.5, 0.6) is 0 Å². The van der Waals surface area contributed by atoms with Gasteiger partial charge in [0.2, 0.25) is 11.8 Å². The Labute approximate surface area is 160 Å². The van der Waals surface area contributed by atoms with Crippen LogP contribution in [-0.2, 0) is 9.59 Å². The van der Waals surface area contributed by atoms with Gasteiger partial charge in [-0.1, -0.05) is 30.3 Å². The van der Waals surface area contributed by atoms with Gasteiger partial charge < -0.3 is 10.6 Å². The van der Waals surface area contributed by atoms with Crippen LogP contribution in [0.3, 0.4) is 0 Å². The maximum Gasteiger partial charge on any atom is 0.228 e. The van der Waals surface area contributed by atoms with Crippen LogP contribution < -0.4 is 10.6 Å². The summed E-state index contributed by atoms with van der Waals surface area (Å²) in [4.78, 5) is 30.7. The van der Waals surface area contributed by atoms with Crippen molar-refractivity contribution in [3.05, 3.63) is 58.3 Å². The van der Waals surface area contributed by atoms with Gasteiger partial charge in [0, 0.05) is 17.2 Å². The van der Waals surface area contributed by atoms with E-state index < -0.39 is 0 Å². The molecule has 2 N–H and O–H groups in total. The largest absolute Gasteiger partial charge is 0.349 e. The van der Waals surface area contributed by atoms with E-state index in [4.69, 9.17) is 0 Å². The number of carbonyl (C=O) groups excluding carboxylic acids is 2.